The lowest BCUT2D eigenvalue weighted by atomic mass is 9.86. The third-order valence-electron chi connectivity index (χ3n) is 8.73. The van der Waals surface area contributed by atoms with E-state index in [-0.39, 0.29) is 5.91 Å². The van der Waals surface area contributed by atoms with E-state index < -0.39 is 46.9 Å². The molecule has 1 aliphatic rings. The van der Waals surface area contributed by atoms with Crippen molar-refractivity contribution in [1.29, 1.82) is 0 Å². The summed E-state index contributed by atoms with van der Waals surface area (Å²) in [7, 11) is -4.51. The van der Waals surface area contributed by atoms with E-state index in [0.29, 0.717) is 39.9 Å². The molecule has 5 atom stereocenters. The smallest absolute Gasteiger partial charge is 0.217 e. The Balaban J connectivity index is 3.61. The molecule has 5 nitrogen and oxygen atoms in total. The molecule has 7 heteroatoms. The highest BCUT2D eigenvalue weighted by molar-refractivity contribution is 6.78. The predicted molar refractivity (Wildman–Crippen MR) is 160 cm³/mol. The summed E-state index contributed by atoms with van der Waals surface area (Å²) in [6.45, 7) is 29.0. The minimum atomic E-state index is -2.35. The number of terminal acetylenes is 2. The van der Waals surface area contributed by atoms with Crippen LogP contribution in [0.1, 0.15) is 90.0 Å². The Morgan fingerprint density at radius 1 is 0.811 bits per heavy atom. The molecule has 0 aromatic carbocycles. The van der Waals surface area contributed by atoms with Gasteiger partial charge in [0.15, 0.2) is 8.32 Å². The first-order valence-corrected chi connectivity index (χ1v) is 18.5. The zero-order valence-electron chi connectivity index (χ0n) is 25.8. The number of carbonyl (C=O) groups excluding carboxylic acids is 1. The molecule has 0 spiro atoms. The lowest BCUT2D eigenvalue weighted by molar-refractivity contribution is -0.140. The normalized spacial score (nSPS) is 25.3. The van der Waals surface area contributed by atoms with Crippen molar-refractivity contribution in [3.63, 3.8) is 0 Å². The summed E-state index contributed by atoms with van der Waals surface area (Å²) in [6, 6.07) is -0.523. The van der Waals surface area contributed by atoms with Crippen LogP contribution in [-0.2, 0) is 18.4 Å². The molecule has 1 amide bonds. The van der Waals surface area contributed by atoms with Crippen molar-refractivity contribution >= 4 is 22.5 Å². The number of amides is 1. The lowest BCUT2D eigenvalue weighted by Gasteiger charge is -2.51. The van der Waals surface area contributed by atoms with Crippen LogP contribution >= 0.6 is 0 Å². The first kappa shape index (κ1) is 33.9. The van der Waals surface area contributed by atoms with Gasteiger partial charge in [-0.15, -0.1) is 12.8 Å². The molecule has 1 N–H and O–H groups in total. The van der Waals surface area contributed by atoms with E-state index >= 15 is 0 Å². The van der Waals surface area contributed by atoms with Crippen molar-refractivity contribution in [3.8, 4) is 24.7 Å². The van der Waals surface area contributed by atoms with Crippen LogP contribution in [0.5, 0.6) is 0 Å². The van der Waals surface area contributed by atoms with E-state index in [1.165, 1.54) is 6.92 Å². The van der Waals surface area contributed by atoms with E-state index in [1.807, 2.05) is 0 Å². The molecule has 1 aliphatic heterocycles. The summed E-state index contributed by atoms with van der Waals surface area (Å²) < 4.78 is 20.7. The highest BCUT2D eigenvalue weighted by Gasteiger charge is 2.54. The molecule has 0 bridgehead atoms. The Morgan fingerprint density at radius 3 is 1.57 bits per heavy atom. The van der Waals surface area contributed by atoms with Crippen LogP contribution in [0.4, 0.5) is 0 Å². The van der Waals surface area contributed by atoms with Gasteiger partial charge >= 0.3 is 0 Å². The van der Waals surface area contributed by atoms with Gasteiger partial charge in [0.05, 0.1) is 30.8 Å². The van der Waals surface area contributed by atoms with Crippen molar-refractivity contribution in [3.05, 3.63) is 0 Å². The van der Waals surface area contributed by atoms with Gasteiger partial charge in [-0.1, -0.05) is 94.9 Å². The van der Waals surface area contributed by atoms with E-state index in [2.05, 4.69) is 100 Å². The van der Waals surface area contributed by atoms with Gasteiger partial charge in [-0.05, 0) is 33.2 Å². The molecule has 1 saturated heterocycles. The Kier molecular flexibility index (Phi) is 12.7. The lowest BCUT2D eigenvalue weighted by Crippen LogP contribution is -2.66. The average molecular weight is 550 g/mol. The summed E-state index contributed by atoms with van der Waals surface area (Å²) >= 11 is 0. The van der Waals surface area contributed by atoms with Crippen LogP contribution < -0.4 is 5.32 Å². The van der Waals surface area contributed by atoms with Gasteiger partial charge in [0.25, 0.3) is 0 Å². The minimum Gasteiger partial charge on any atom is -0.413 e. The monoisotopic (exact) mass is 549 g/mol. The fraction of sp³-hybridized carbons (Fsp3) is 0.833. The zero-order chi connectivity index (χ0) is 28.9. The molecule has 0 aromatic rings. The number of rotatable bonds is 12. The molecular weight excluding hydrogens is 495 g/mol. The zero-order valence-corrected chi connectivity index (χ0v) is 27.8. The number of hydrogen-bond donors (Lipinski definition) is 1. The molecule has 1 rings (SSSR count). The van der Waals surface area contributed by atoms with Crippen LogP contribution in [0, 0.1) is 30.6 Å². The molecule has 0 radical (unpaired) electrons. The summed E-state index contributed by atoms with van der Waals surface area (Å²) in [5.74, 6) is 5.22. The van der Waals surface area contributed by atoms with Gasteiger partial charge in [0.1, 0.15) is 6.10 Å². The number of hydrogen-bond acceptors (Lipinski definition) is 4. The summed E-state index contributed by atoms with van der Waals surface area (Å²) in [5.41, 5.74) is 2.37. The SMILES string of the molecule is C#C[C@H]1[C@H](O[Si](C(C)C)(C(C)C)C(C)C)[C@@H](NC(C)=O)[C@@H](C#C)O[C@@H]1CO[Si](C(C)C)(C(C)C)C(C)C. The maximum atomic E-state index is 12.3. The second kappa shape index (κ2) is 13.8. The summed E-state index contributed by atoms with van der Waals surface area (Å²) in [4.78, 5) is 12.3. The van der Waals surface area contributed by atoms with Gasteiger partial charge in [0, 0.05) is 6.92 Å². The quantitative estimate of drug-likeness (QED) is 0.213. The van der Waals surface area contributed by atoms with Crippen LogP contribution in [0.2, 0.25) is 33.2 Å². The first-order valence-electron chi connectivity index (χ1n) is 14.2. The van der Waals surface area contributed by atoms with Gasteiger partial charge < -0.3 is 18.9 Å². The van der Waals surface area contributed by atoms with Gasteiger partial charge in [-0.2, -0.15) is 0 Å². The summed E-state index contributed by atoms with van der Waals surface area (Å²) in [5, 5.41) is 3.05. The van der Waals surface area contributed by atoms with Crippen molar-refractivity contribution < 1.29 is 18.4 Å². The Bertz CT molecular complexity index is 781. The van der Waals surface area contributed by atoms with Crippen LogP contribution in [-0.4, -0.2) is 53.5 Å². The van der Waals surface area contributed by atoms with Gasteiger partial charge in [0.2, 0.25) is 14.2 Å². The fourth-order valence-corrected chi connectivity index (χ4v) is 18.4. The summed E-state index contributed by atoms with van der Waals surface area (Å²) in [6.07, 6.45) is 10.7. The highest BCUT2D eigenvalue weighted by Crippen LogP contribution is 2.46. The number of carbonyl (C=O) groups is 1. The van der Waals surface area contributed by atoms with E-state index in [0.717, 1.165) is 0 Å². The first-order chi connectivity index (χ1) is 17.0. The molecule has 212 valence electrons. The van der Waals surface area contributed by atoms with E-state index in [4.69, 9.17) is 26.4 Å². The second-order valence-electron chi connectivity index (χ2n) is 12.7. The minimum absolute atomic E-state index is 0.176. The van der Waals surface area contributed by atoms with Crippen molar-refractivity contribution in [2.45, 2.75) is 148 Å². The molecule has 37 heavy (non-hydrogen) atoms. The van der Waals surface area contributed by atoms with Crippen LogP contribution in [0.3, 0.4) is 0 Å². The van der Waals surface area contributed by atoms with Crippen LogP contribution in [0.25, 0.3) is 0 Å². The van der Waals surface area contributed by atoms with E-state index in [1.54, 1.807) is 0 Å². The third kappa shape index (κ3) is 6.92. The fourth-order valence-electron chi connectivity index (χ4n) is 7.36. The van der Waals surface area contributed by atoms with Gasteiger partial charge in [-0.25, -0.2) is 0 Å². The molecule has 0 aliphatic carbocycles. The topological polar surface area (TPSA) is 56.8 Å². The molecule has 1 heterocycles. The van der Waals surface area contributed by atoms with Gasteiger partial charge in [-0.3, -0.25) is 4.79 Å². The maximum Gasteiger partial charge on any atom is 0.217 e. The average Bonchev–Trinajstić information content (AvgIpc) is 2.76. The van der Waals surface area contributed by atoms with E-state index in [9.17, 15) is 4.79 Å². The Hall–Kier alpha value is -1.10. The second-order valence-corrected chi connectivity index (χ2v) is 23.6. The standard InChI is InChI=1S/C30H55NO4Si2/c1-16-26-28(18-33-36(19(3)4,20(5)6)21(7)8)34-27(17-2)29(31-25(15)32)30(26)35-37(22(9)10,23(11)12)24(13)14/h1-2,19-24,26-30H,18H2,3-15H3,(H,31,32)/t26-,27-,28-,29+,30+/m1/s1. The highest BCUT2D eigenvalue weighted by atomic mass is 28.4. The predicted octanol–water partition coefficient (Wildman–Crippen LogP) is 6.89. The third-order valence-corrected chi connectivity index (χ3v) is 20.9. The number of nitrogens with one attached hydrogen (secondary N) is 1. The largest absolute Gasteiger partial charge is 0.413 e. The molecular formula is C30H55NO4Si2. The van der Waals surface area contributed by atoms with Crippen molar-refractivity contribution in [2.24, 2.45) is 5.92 Å². The maximum absolute atomic E-state index is 12.3. The Morgan fingerprint density at radius 2 is 1.24 bits per heavy atom. The molecule has 0 unspecified atom stereocenters. The molecule has 0 saturated carbocycles. The number of ether oxygens (including phenoxy) is 1. The Labute approximate surface area is 230 Å². The van der Waals surface area contributed by atoms with Crippen molar-refractivity contribution in [2.75, 3.05) is 6.61 Å². The van der Waals surface area contributed by atoms with Crippen LogP contribution in [0.15, 0.2) is 0 Å². The molecule has 1 fully saturated rings. The molecule has 0 aromatic heterocycles. The van der Waals surface area contributed by atoms with Crippen molar-refractivity contribution in [1.82, 2.24) is 5.32 Å².